The molecule has 1 fully saturated rings. The maximum Gasteiger partial charge on any atom is 0.219 e. The van der Waals surface area contributed by atoms with Gasteiger partial charge in [-0.25, -0.2) is 0 Å². The Morgan fingerprint density at radius 3 is 1.64 bits per heavy atom. The number of likely N-dealkylation sites (tertiary alicyclic amines) is 1. The first-order valence-corrected chi connectivity index (χ1v) is 5.69. The molecule has 2 unspecified atom stereocenters. The lowest BCUT2D eigenvalue weighted by molar-refractivity contribution is -0.128. The van der Waals surface area contributed by atoms with Gasteiger partial charge in [0.15, 0.2) is 0 Å². The second kappa shape index (κ2) is 4.33. The van der Waals surface area contributed by atoms with Crippen LogP contribution in [0.2, 0.25) is 0 Å². The van der Waals surface area contributed by atoms with Crippen LogP contribution in [-0.2, 0) is 4.79 Å². The summed E-state index contributed by atoms with van der Waals surface area (Å²) in [5.41, 5.74) is 0. The topological polar surface area (TPSA) is 20.3 Å². The number of hydrogen-bond donors (Lipinski definition) is 0. The van der Waals surface area contributed by atoms with E-state index in [0.29, 0.717) is 23.7 Å². The smallest absolute Gasteiger partial charge is 0.219 e. The van der Waals surface area contributed by atoms with Gasteiger partial charge in [0, 0.05) is 20.0 Å². The summed E-state index contributed by atoms with van der Waals surface area (Å²) < 4.78 is 0. The first-order valence-electron chi connectivity index (χ1n) is 5.69. The number of nitrogens with zero attached hydrogens (tertiary/aromatic N) is 1. The molecule has 0 N–H and O–H groups in total. The van der Waals surface area contributed by atoms with E-state index in [1.165, 1.54) is 0 Å². The third kappa shape index (κ3) is 2.28. The molecule has 0 aromatic carbocycles. The summed E-state index contributed by atoms with van der Waals surface area (Å²) >= 11 is 0. The minimum absolute atomic E-state index is 0.235. The van der Waals surface area contributed by atoms with Crippen molar-refractivity contribution in [2.75, 3.05) is 13.1 Å². The van der Waals surface area contributed by atoms with Crippen LogP contribution in [0.4, 0.5) is 0 Å². The molecule has 0 aliphatic carbocycles. The Hall–Kier alpha value is -0.530. The Bertz CT molecular complexity index is 194. The highest BCUT2D eigenvalue weighted by Crippen LogP contribution is 2.34. The Kier molecular flexibility index (Phi) is 3.57. The first kappa shape index (κ1) is 11.5. The molecule has 1 aliphatic rings. The fourth-order valence-corrected chi connectivity index (χ4v) is 2.52. The molecule has 1 aliphatic heterocycles. The second-order valence-corrected chi connectivity index (χ2v) is 5.24. The van der Waals surface area contributed by atoms with E-state index >= 15 is 0 Å². The van der Waals surface area contributed by atoms with Crippen molar-refractivity contribution in [2.45, 2.75) is 34.6 Å². The molecule has 1 amide bonds. The van der Waals surface area contributed by atoms with Crippen molar-refractivity contribution in [1.82, 2.24) is 4.90 Å². The van der Waals surface area contributed by atoms with Gasteiger partial charge < -0.3 is 4.90 Å². The fraction of sp³-hybridized carbons (Fsp3) is 0.917. The maximum atomic E-state index is 11.3. The summed E-state index contributed by atoms with van der Waals surface area (Å²) in [4.78, 5) is 13.3. The van der Waals surface area contributed by atoms with Crippen LogP contribution in [0.5, 0.6) is 0 Å². The zero-order chi connectivity index (χ0) is 10.9. The van der Waals surface area contributed by atoms with Crippen LogP contribution in [0.25, 0.3) is 0 Å². The number of carbonyl (C=O) groups excluding carboxylic acids is 1. The summed E-state index contributed by atoms with van der Waals surface area (Å²) in [6.07, 6.45) is 0. The zero-order valence-corrected chi connectivity index (χ0v) is 10.1. The van der Waals surface area contributed by atoms with E-state index < -0.39 is 0 Å². The van der Waals surface area contributed by atoms with Crippen LogP contribution in [0.3, 0.4) is 0 Å². The van der Waals surface area contributed by atoms with Gasteiger partial charge in [0.1, 0.15) is 0 Å². The quantitative estimate of drug-likeness (QED) is 0.665. The number of amides is 1. The van der Waals surface area contributed by atoms with Crippen LogP contribution in [0.15, 0.2) is 0 Å². The SMILES string of the molecule is CC(=O)N1CC(C(C)C)C(C(C)C)C1. The van der Waals surface area contributed by atoms with Crippen molar-refractivity contribution in [1.29, 1.82) is 0 Å². The monoisotopic (exact) mass is 197 g/mol. The van der Waals surface area contributed by atoms with Gasteiger partial charge in [-0.1, -0.05) is 27.7 Å². The van der Waals surface area contributed by atoms with Crippen LogP contribution in [0.1, 0.15) is 34.6 Å². The van der Waals surface area contributed by atoms with Crippen molar-refractivity contribution in [3.8, 4) is 0 Å². The van der Waals surface area contributed by atoms with Gasteiger partial charge in [0.25, 0.3) is 0 Å². The van der Waals surface area contributed by atoms with Crippen molar-refractivity contribution in [3.05, 3.63) is 0 Å². The Balaban J connectivity index is 2.70. The van der Waals surface area contributed by atoms with Crippen LogP contribution in [-0.4, -0.2) is 23.9 Å². The summed E-state index contributed by atoms with van der Waals surface area (Å²) in [5.74, 6) is 3.00. The van der Waals surface area contributed by atoms with Gasteiger partial charge >= 0.3 is 0 Å². The first-order chi connectivity index (χ1) is 6.43. The Morgan fingerprint density at radius 1 is 1.07 bits per heavy atom. The molecule has 2 heteroatoms. The minimum atomic E-state index is 0.235. The van der Waals surface area contributed by atoms with Gasteiger partial charge in [-0.3, -0.25) is 4.79 Å². The van der Waals surface area contributed by atoms with E-state index in [9.17, 15) is 4.79 Å². The highest BCUT2D eigenvalue weighted by molar-refractivity contribution is 5.73. The largest absolute Gasteiger partial charge is 0.342 e. The fourth-order valence-electron chi connectivity index (χ4n) is 2.52. The maximum absolute atomic E-state index is 11.3. The average molecular weight is 197 g/mol. The molecule has 2 atom stereocenters. The second-order valence-electron chi connectivity index (χ2n) is 5.24. The lowest BCUT2D eigenvalue weighted by Crippen LogP contribution is -2.26. The van der Waals surface area contributed by atoms with Crippen molar-refractivity contribution in [3.63, 3.8) is 0 Å². The highest BCUT2D eigenvalue weighted by Gasteiger charge is 2.36. The molecule has 0 radical (unpaired) electrons. The zero-order valence-electron chi connectivity index (χ0n) is 10.1. The van der Waals surface area contributed by atoms with Gasteiger partial charge in [-0.15, -0.1) is 0 Å². The van der Waals surface area contributed by atoms with Crippen LogP contribution < -0.4 is 0 Å². The van der Waals surface area contributed by atoms with Gasteiger partial charge in [-0.2, -0.15) is 0 Å². The molecular weight excluding hydrogens is 174 g/mol. The van der Waals surface area contributed by atoms with E-state index in [2.05, 4.69) is 27.7 Å². The van der Waals surface area contributed by atoms with Gasteiger partial charge in [0.2, 0.25) is 5.91 Å². The van der Waals surface area contributed by atoms with Crippen LogP contribution in [0, 0.1) is 23.7 Å². The van der Waals surface area contributed by atoms with Crippen molar-refractivity contribution >= 4 is 5.91 Å². The molecule has 1 rings (SSSR count). The number of rotatable bonds is 2. The lowest BCUT2D eigenvalue weighted by atomic mass is 9.80. The summed E-state index contributed by atoms with van der Waals surface area (Å²) in [6.45, 7) is 12.7. The third-order valence-electron chi connectivity index (χ3n) is 3.57. The molecule has 0 spiro atoms. The molecule has 0 aromatic heterocycles. The van der Waals surface area contributed by atoms with E-state index in [0.717, 1.165) is 13.1 Å². The molecule has 1 heterocycles. The molecule has 82 valence electrons. The Morgan fingerprint density at radius 2 is 1.43 bits per heavy atom. The highest BCUT2D eigenvalue weighted by atomic mass is 16.2. The molecule has 0 aromatic rings. The van der Waals surface area contributed by atoms with E-state index in [-0.39, 0.29) is 5.91 Å². The molecule has 14 heavy (non-hydrogen) atoms. The minimum Gasteiger partial charge on any atom is -0.342 e. The van der Waals surface area contributed by atoms with E-state index in [4.69, 9.17) is 0 Å². The Labute approximate surface area is 87.7 Å². The predicted molar refractivity (Wildman–Crippen MR) is 58.9 cm³/mol. The summed E-state index contributed by atoms with van der Waals surface area (Å²) in [5, 5.41) is 0. The third-order valence-corrected chi connectivity index (χ3v) is 3.57. The van der Waals surface area contributed by atoms with Crippen molar-refractivity contribution < 1.29 is 4.79 Å². The molecule has 1 saturated heterocycles. The molecule has 0 saturated carbocycles. The predicted octanol–water partition coefficient (Wildman–Crippen LogP) is 2.39. The lowest BCUT2D eigenvalue weighted by Gasteiger charge is -2.24. The van der Waals surface area contributed by atoms with Crippen molar-refractivity contribution in [2.24, 2.45) is 23.7 Å². The molecule has 0 bridgehead atoms. The standard InChI is InChI=1S/C12H23NO/c1-8(2)11-6-13(10(5)14)7-12(11)9(3)4/h8-9,11-12H,6-7H2,1-5H3. The van der Waals surface area contributed by atoms with Gasteiger partial charge in [-0.05, 0) is 23.7 Å². The number of carbonyl (C=O) groups is 1. The molecular formula is C12H23NO. The van der Waals surface area contributed by atoms with E-state index in [1.54, 1.807) is 6.92 Å². The van der Waals surface area contributed by atoms with E-state index in [1.807, 2.05) is 4.90 Å². The van der Waals surface area contributed by atoms with Gasteiger partial charge in [0.05, 0.1) is 0 Å². The normalized spacial score (nSPS) is 27.8. The molecule has 2 nitrogen and oxygen atoms in total. The number of hydrogen-bond acceptors (Lipinski definition) is 1. The summed E-state index contributed by atoms with van der Waals surface area (Å²) in [7, 11) is 0. The summed E-state index contributed by atoms with van der Waals surface area (Å²) in [6, 6.07) is 0. The van der Waals surface area contributed by atoms with Crippen LogP contribution >= 0.6 is 0 Å². The average Bonchev–Trinajstić information content (AvgIpc) is 2.47.